The smallest absolute Gasteiger partial charge is 0.297 e. The average Bonchev–Trinajstić information content (AvgIpc) is 4.39. The molecule has 6 aromatic heterocycles. The molecule has 19 nitrogen and oxygen atoms in total. The van der Waals surface area contributed by atoms with Crippen molar-refractivity contribution in [2.45, 2.75) is 98.2 Å². The third kappa shape index (κ3) is 14.5. The first-order chi connectivity index (χ1) is 40.5. The number of aromatic amines is 4. The van der Waals surface area contributed by atoms with Crippen molar-refractivity contribution in [3.05, 3.63) is 131 Å². The number of hydrogen-bond acceptors (Lipinski definition) is 16. The van der Waals surface area contributed by atoms with Crippen molar-refractivity contribution in [2.24, 2.45) is 17.8 Å². The van der Waals surface area contributed by atoms with E-state index in [-0.39, 0.29) is 35.1 Å². The number of nitrogens with zero attached hydrogens (tertiary/aromatic N) is 11. The van der Waals surface area contributed by atoms with E-state index in [0.29, 0.717) is 65.9 Å². The van der Waals surface area contributed by atoms with Gasteiger partial charge in [-0.2, -0.15) is 4.98 Å². The summed E-state index contributed by atoms with van der Waals surface area (Å²) in [5, 5.41) is 20.7. The van der Waals surface area contributed by atoms with Crippen molar-refractivity contribution in [1.82, 2.24) is 60.0 Å². The molecular weight excluding hydrogens is 1070 g/mol. The number of ketones is 3. The monoisotopic (exact) mass is 1160 g/mol. The van der Waals surface area contributed by atoms with Crippen LogP contribution in [0.1, 0.15) is 108 Å². The summed E-state index contributed by atoms with van der Waals surface area (Å²) in [6.45, 7) is 21.2. The van der Waals surface area contributed by atoms with Crippen LogP contribution in [-0.2, 0) is 19.3 Å². The number of piperazine rings is 3. The van der Waals surface area contributed by atoms with Crippen LogP contribution in [0.5, 0.6) is 0 Å². The molecule has 0 radical (unpaired) electrons. The lowest BCUT2D eigenvalue weighted by atomic mass is 9.95. The summed E-state index contributed by atoms with van der Waals surface area (Å²) in [4.78, 5) is 70.4. The summed E-state index contributed by atoms with van der Waals surface area (Å²) in [5.74, 6) is 2.21. The lowest BCUT2D eigenvalue weighted by Crippen LogP contribution is -2.50. The van der Waals surface area contributed by atoms with Gasteiger partial charge in [0.15, 0.2) is 33.9 Å². The summed E-state index contributed by atoms with van der Waals surface area (Å²) in [5.41, 5.74) is 7.18. The molecule has 0 spiro atoms. The van der Waals surface area contributed by atoms with E-state index in [1.54, 1.807) is 6.20 Å². The van der Waals surface area contributed by atoms with E-state index in [2.05, 4.69) is 186 Å². The van der Waals surface area contributed by atoms with Crippen LogP contribution in [0.3, 0.4) is 0 Å². The summed E-state index contributed by atoms with van der Waals surface area (Å²) in [6.07, 6.45) is 11.7. The van der Waals surface area contributed by atoms with Gasteiger partial charge in [-0.15, -0.1) is 15.3 Å². The maximum atomic E-state index is 12.7. The molecule has 20 heteroatoms. The van der Waals surface area contributed by atoms with Crippen molar-refractivity contribution in [3.63, 3.8) is 0 Å². The minimum absolute atomic E-state index is 0.0215. The second-order valence-corrected chi connectivity index (χ2v) is 25.1. The molecule has 3 aliphatic heterocycles. The zero-order chi connectivity index (χ0) is 59.0. The summed E-state index contributed by atoms with van der Waals surface area (Å²) in [6, 6.07) is 26.8. The van der Waals surface area contributed by atoms with E-state index < -0.39 is 0 Å². The summed E-state index contributed by atoms with van der Waals surface area (Å²) in [7, 11) is 6.40. The Hall–Kier alpha value is -7.52. The van der Waals surface area contributed by atoms with Crippen LogP contribution < -0.4 is 14.7 Å². The van der Waals surface area contributed by atoms with Gasteiger partial charge in [0.1, 0.15) is 0 Å². The van der Waals surface area contributed by atoms with Gasteiger partial charge >= 0.3 is 0 Å². The second-order valence-electron chi connectivity index (χ2n) is 24.1. The summed E-state index contributed by atoms with van der Waals surface area (Å²) < 4.78 is 5.82. The van der Waals surface area contributed by atoms with Crippen LogP contribution in [0.2, 0.25) is 0 Å². The third-order valence-electron chi connectivity index (χ3n) is 17.2. The first-order valence-corrected chi connectivity index (χ1v) is 30.7. The Bertz CT molecular complexity index is 3260. The van der Waals surface area contributed by atoms with Crippen LogP contribution in [0.15, 0.2) is 102 Å². The number of para-hydroxylation sites is 3. The van der Waals surface area contributed by atoms with Crippen LogP contribution >= 0.6 is 11.3 Å². The van der Waals surface area contributed by atoms with E-state index in [1.165, 1.54) is 44.2 Å². The Balaban J connectivity index is 0.000000140. The molecular formula is C64H83N15O4S. The normalized spacial score (nSPS) is 19.2. The number of anilines is 3. The highest BCUT2D eigenvalue weighted by Crippen LogP contribution is 2.29. The van der Waals surface area contributed by atoms with E-state index in [0.717, 1.165) is 99.8 Å². The Morgan fingerprint density at radius 3 is 1.52 bits per heavy atom. The van der Waals surface area contributed by atoms with Gasteiger partial charge in [0, 0.05) is 148 Å². The zero-order valence-corrected chi connectivity index (χ0v) is 51.1. The van der Waals surface area contributed by atoms with Crippen molar-refractivity contribution in [2.75, 3.05) is 94.7 Å². The first kappa shape index (κ1) is 59.6. The SMILES string of the molecule is CC(CC(=O)c1cnc(N2CCN(C)C(C)C2)o1)Cc1c[nH]c2ccccc12.CC(CC(=O)c1nc(N2CCN(C)C(C)C2)n[nH]1)Cc1c[nH]c2ccccc12.CC(CC(=O)c1nnc(N2CCN(C)C(C)C2)s1)Cc1c[nH]c2ccccc12. The largest absolute Gasteiger partial charge is 0.420 e. The number of oxazole rings is 1. The first-order valence-electron chi connectivity index (χ1n) is 29.8. The van der Waals surface area contributed by atoms with E-state index in [9.17, 15) is 14.4 Å². The van der Waals surface area contributed by atoms with Gasteiger partial charge in [-0.1, -0.05) is 86.7 Å². The molecule has 6 atom stereocenters. The molecule has 84 heavy (non-hydrogen) atoms. The number of fused-ring (bicyclic) bond motifs is 3. The molecule has 12 rings (SSSR count). The quantitative estimate of drug-likeness (QED) is 0.0589. The Morgan fingerprint density at radius 1 is 0.571 bits per heavy atom. The number of Topliss-reactive ketones (excluding diaryl/α,β-unsaturated/α-hetero) is 3. The number of hydrogen-bond donors (Lipinski definition) is 4. The molecule has 0 bridgehead atoms. The van der Waals surface area contributed by atoms with Crippen LogP contribution in [-0.4, -0.2) is 176 Å². The van der Waals surface area contributed by atoms with E-state index in [4.69, 9.17) is 4.42 Å². The van der Waals surface area contributed by atoms with Gasteiger partial charge in [0.05, 0.1) is 6.20 Å². The molecule has 3 aromatic carbocycles. The van der Waals surface area contributed by atoms with Crippen LogP contribution in [0.4, 0.5) is 17.1 Å². The van der Waals surface area contributed by atoms with Crippen molar-refractivity contribution < 1.29 is 18.8 Å². The number of likely N-dealkylation sites (N-methyl/N-ethyl adjacent to an activating group) is 3. The number of carbonyl (C=O) groups excluding carboxylic acids is 3. The highest BCUT2D eigenvalue weighted by molar-refractivity contribution is 7.17. The molecule has 0 amide bonds. The molecule has 3 fully saturated rings. The molecule has 9 aromatic rings. The van der Waals surface area contributed by atoms with E-state index >= 15 is 0 Å². The predicted molar refractivity (Wildman–Crippen MR) is 336 cm³/mol. The molecule has 3 aliphatic rings. The molecule has 444 valence electrons. The standard InChI is InChI=1S/C22H28N4O2.C21H28N6O.C21H27N5OS/c1-15(10-17-12-23-19-7-5-4-6-18(17)19)11-20(27)21-13-24-22(28-21)26-9-8-25(3)16(2)14-26;1-14(10-16-12-22-18-7-5-4-6-17(16)18)11-19(28)20-23-21(25-24-20)27-9-8-26(3)15(2)13-27;1-14(10-16-12-22-18-7-5-4-6-17(16)18)11-19(27)20-23-24-21(28-20)26-9-8-25(3)15(2)13-26/h4-7,12-13,15-16,23H,8-11,14H2,1-3H3;4-7,12,14-15,22H,8-11,13H2,1-3H3,(H,23,24,25);4-7,12,14-15,22H,8-11,13H2,1-3H3. The van der Waals surface area contributed by atoms with Gasteiger partial charge < -0.3 is 48.8 Å². The lowest BCUT2D eigenvalue weighted by Gasteiger charge is -2.37. The molecule has 0 saturated carbocycles. The fourth-order valence-electron chi connectivity index (χ4n) is 11.7. The van der Waals surface area contributed by atoms with Crippen LogP contribution in [0.25, 0.3) is 32.7 Å². The second kappa shape index (κ2) is 27.0. The molecule has 9 heterocycles. The Kier molecular flexibility index (Phi) is 19.2. The third-order valence-corrected chi connectivity index (χ3v) is 18.2. The van der Waals surface area contributed by atoms with Gasteiger partial charge in [-0.25, -0.2) is 4.98 Å². The minimum atomic E-state index is 0.0215. The maximum absolute atomic E-state index is 12.7. The lowest BCUT2D eigenvalue weighted by molar-refractivity contribution is 0.0933. The van der Waals surface area contributed by atoms with Gasteiger partial charge in [0.2, 0.25) is 11.1 Å². The van der Waals surface area contributed by atoms with Crippen molar-refractivity contribution in [1.29, 1.82) is 0 Å². The number of carbonyl (C=O) groups is 3. The zero-order valence-electron chi connectivity index (χ0n) is 50.3. The molecule has 4 N–H and O–H groups in total. The number of nitrogens with one attached hydrogen (secondary N) is 4. The molecule has 6 unspecified atom stereocenters. The highest BCUT2D eigenvalue weighted by atomic mass is 32.1. The number of H-pyrrole nitrogens is 4. The highest BCUT2D eigenvalue weighted by Gasteiger charge is 2.29. The topological polar surface area (TPSA) is 211 Å². The molecule has 3 saturated heterocycles. The predicted octanol–water partition coefficient (Wildman–Crippen LogP) is 10.2. The van der Waals surface area contributed by atoms with E-state index in [1.807, 2.05) is 42.7 Å². The van der Waals surface area contributed by atoms with Crippen molar-refractivity contribution in [3.8, 4) is 0 Å². The van der Waals surface area contributed by atoms with Gasteiger partial charge in [-0.3, -0.25) is 19.5 Å². The fourth-order valence-corrected chi connectivity index (χ4v) is 12.5. The number of benzene rings is 3. The van der Waals surface area contributed by atoms with Crippen LogP contribution in [0, 0.1) is 17.8 Å². The number of aromatic nitrogens is 9. The Labute approximate surface area is 496 Å². The average molecular weight is 1160 g/mol. The fraction of sp³-hybridized carbons (Fsp3) is 0.469. The van der Waals surface area contributed by atoms with Crippen molar-refractivity contribution >= 4 is 78.5 Å². The maximum Gasteiger partial charge on any atom is 0.297 e. The van der Waals surface area contributed by atoms with Gasteiger partial charge in [-0.05, 0) is 114 Å². The Morgan fingerprint density at radius 2 is 1.01 bits per heavy atom. The molecule has 0 aliphatic carbocycles. The van der Waals surface area contributed by atoms with Gasteiger partial charge in [0.25, 0.3) is 6.01 Å². The number of rotatable bonds is 18. The minimum Gasteiger partial charge on any atom is -0.420 e. The summed E-state index contributed by atoms with van der Waals surface area (Å²) >= 11 is 1.43.